The molecule has 3 heteroatoms. The summed E-state index contributed by atoms with van der Waals surface area (Å²) in [5.74, 6) is 0.360. The molecule has 0 radical (unpaired) electrons. The number of benzene rings is 1. The number of ether oxygens (including phenoxy) is 2. The van der Waals surface area contributed by atoms with Crippen LogP contribution in [-0.2, 0) is 15.9 Å². The van der Waals surface area contributed by atoms with Crippen LogP contribution in [0.1, 0.15) is 19.4 Å². The molecular weight excluding hydrogens is 214 g/mol. The predicted octanol–water partition coefficient (Wildman–Crippen LogP) is 2.44. The highest BCUT2D eigenvalue weighted by Crippen LogP contribution is 2.23. The maximum Gasteiger partial charge on any atom is 0.244 e. The number of rotatable bonds is 5. The van der Waals surface area contributed by atoms with Crippen molar-refractivity contribution < 1.29 is 9.47 Å². The number of nitrogens with one attached hydrogen (secondary N) is 1. The summed E-state index contributed by atoms with van der Waals surface area (Å²) < 4.78 is 10.9. The fraction of sp³-hybridized carbons (Fsp3) is 0.429. The van der Waals surface area contributed by atoms with Gasteiger partial charge in [-0.1, -0.05) is 30.3 Å². The lowest BCUT2D eigenvalue weighted by Crippen LogP contribution is -2.24. The number of hydrogen-bond donors (Lipinski definition) is 1. The van der Waals surface area contributed by atoms with Crippen LogP contribution in [0.25, 0.3) is 0 Å². The first-order chi connectivity index (χ1) is 8.16. The van der Waals surface area contributed by atoms with Gasteiger partial charge in [0, 0.05) is 13.8 Å². The van der Waals surface area contributed by atoms with Gasteiger partial charge in [0.1, 0.15) is 12.0 Å². The van der Waals surface area contributed by atoms with E-state index in [-0.39, 0.29) is 0 Å². The van der Waals surface area contributed by atoms with Gasteiger partial charge in [-0.05, 0) is 18.5 Å². The van der Waals surface area contributed by atoms with Crippen LogP contribution in [0.3, 0.4) is 0 Å². The third-order valence-corrected chi connectivity index (χ3v) is 2.58. The molecule has 1 heterocycles. The Kier molecular flexibility index (Phi) is 3.69. The Labute approximate surface area is 102 Å². The van der Waals surface area contributed by atoms with Gasteiger partial charge in [0.15, 0.2) is 0 Å². The number of hydrogen-bond acceptors (Lipinski definition) is 3. The molecule has 92 valence electrons. The second kappa shape index (κ2) is 5.23. The molecule has 0 atom stereocenters. The van der Waals surface area contributed by atoms with E-state index in [1.165, 1.54) is 5.56 Å². The van der Waals surface area contributed by atoms with Crippen molar-refractivity contribution in [3.63, 3.8) is 0 Å². The van der Waals surface area contributed by atoms with E-state index < -0.39 is 5.79 Å². The molecule has 0 bridgehead atoms. The fourth-order valence-corrected chi connectivity index (χ4v) is 1.74. The molecule has 1 aliphatic rings. The normalized spacial score (nSPS) is 17.2. The van der Waals surface area contributed by atoms with E-state index in [0.717, 1.165) is 25.3 Å². The van der Waals surface area contributed by atoms with Gasteiger partial charge < -0.3 is 14.8 Å². The summed E-state index contributed by atoms with van der Waals surface area (Å²) in [5.41, 5.74) is 1.35. The molecular formula is C14H19NO2. The van der Waals surface area contributed by atoms with Crippen molar-refractivity contribution in [1.29, 1.82) is 0 Å². The zero-order valence-corrected chi connectivity index (χ0v) is 10.4. The van der Waals surface area contributed by atoms with E-state index in [9.17, 15) is 0 Å². The van der Waals surface area contributed by atoms with Gasteiger partial charge in [-0.15, -0.1) is 0 Å². The quantitative estimate of drug-likeness (QED) is 0.792. The zero-order valence-electron chi connectivity index (χ0n) is 10.4. The van der Waals surface area contributed by atoms with Crippen LogP contribution in [-0.4, -0.2) is 18.9 Å². The second-order valence-electron chi connectivity index (χ2n) is 4.62. The summed E-state index contributed by atoms with van der Waals surface area (Å²) in [6, 6.07) is 10.4. The van der Waals surface area contributed by atoms with Crippen molar-refractivity contribution in [2.75, 3.05) is 13.1 Å². The SMILES string of the molecule is CC1(C)OC=C(CNCCc2ccccc2)O1. The summed E-state index contributed by atoms with van der Waals surface area (Å²) in [6.07, 6.45) is 2.72. The first-order valence-electron chi connectivity index (χ1n) is 5.96. The monoisotopic (exact) mass is 233 g/mol. The van der Waals surface area contributed by atoms with Crippen molar-refractivity contribution in [3.05, 3.63) is 47.9 Å². The Hall–Kier alpha value is -1.48. The predicted molar refractivity (Wildman–Crippen MR) is 67.3 cm³/mol. The van der Waals surface area contributed by atoms with Crippen LogP contribution in [0.4, 0.5) is 0 Å². The van der Waals surface area contributed by atoms with Gasteiger partial charge >= 0.3 is 0 Å². The molecule has 0 saturated heterocycles. The highest BCUT2D eigenvalue weighted by molar-refractivity contribution is 5.14. The first kappa shape index (κ1) is 12.0. The Balaban J connectivity index is 1.65. The van der Waals surface area contributed by atoms with Crippen molar-refractivity contribution in [3.8, 4) is 0 Å². The van der Waals surface area contributed by atoms with E-state index in [1.807, 2.05) is 19.9 Å². The van der Waals surface area contributed by atoms with E-state index in [1.54, 1.807) is 6.26 Å². The maximum atomic E-state index is 5.58. The lowest BCUT2D eigenvalue weighted by molar-refractivity contribution is -0.116. The molecule has 1 aromatic carbocycles. The Morgan fingerprint density at radius 2 is 1.94 bits per heavy atom. The molecule has 0 aromatic heterocycles. The molecule has 1 N–H and O–H groups in total. The van der Waals surface area contributed by atoms with Crippen LogP contribution in [0.2, 0.25) is 0 Å². The van der Waals surface area contributed by atoms with Crippen LogP contribution in [0.5, 0.6) is 0 Å². The van der Waals surface area contributed by atoms with Crippen LogP contribution < -0.4 is 5.32 Å². The first-order valence-corrected chi connectivity index (χ1v) is 5.96. The Morgan fingerprint density at radius 3 is 2.59 bits per heavy atom. The highest BCUT2D eigenvalue weighted by atomic mass is 16.7. The van der Waals surface area contributed by atoms with Gasteiger partial charge in [0.2, 0.25) is 5.79 Å². The minimum absolute atomic E-state index is 0.504. The molecule has 0 unspecified atom stereocenters. The summed E-state index contributed by atoms with van der Waals surface area (Å²) in [5, 5.41) is 3.34. The standard InChI is InChI=1S/C14H19NO2/c1-14(2)16-11-13(17-14)10-15-9-8-12-6-4-3-5-7-12/h3-7,11,15H,8-10H2,1-2H3. The lowest BCUT2D eigenvalue weighted by atomic mass is 10.1. The van der Waals surface area contributed by atoms with Crippen molar-refractivity contribution in [2.24, 2.45) is 0 Å². The molecule has 0 aliphatic carbocycles. The van der Waals surface area contributed by atoms with Gasteiger partial charge in [0.05, 0.1) is 6.54 Å². The van der Waals surface area contributed by atoms with E-state index in [2.05, 4.69) is 29.6 Å². The van der Waals surface area contributed by atoms with E-state index in [0.29, 0.717) is 0 Å². The Morgan fingerprint density at radius 1 is 1.18 bits per heavy atom. The second-order valence-corrected chi connectivity index (χ2v) is 4.62. The summed E-state index contributed by atoms with van der Waals surface area (Å²) >= 11 is 0. The van der Waals surface area contributed by atoms with Gasteiger partial charge in [-0.2, -0.15) is 0 Å². The Bertz CT molecular complexity index is 384. The minimum atomic E-state index is -0.504. The van der Waals surface area contributed by atoms with Crippen LogP contribution >= 0.6 is 0 Å². The smallest absolute Gasteiger partial charge is 0.244 e. The summed E-state index contributed by atoms with van der Waals surface area (Å²) in [7, 11) is 0. The van der Waals surface area contributed by atoms with Gasteiger partial charge in [0.25, 0.3) is 0 Å². The topological polar surface area (TPSA) is 30.5 Å². The minimum Gasteiger partial charge on any atom is -0.457 e. The molecule has 3 nitrogen and oxygen atoms in total. The average molecular weight is 233 g/mol. The van der Waals surface area contributed by atoms with Crippen LogP contribution in [0.15, 0.2) is 42.4 Å². The largest absolute Gasteiger partial charge is 0.457 e. The molecule has 17 heavy (non-hydrogen) atoms. The lowest BCUT2D eigenvalue weighted by Gasteiger charge is -2.18. The fourth-order valence-electron chi connectivity index (χ4n) is 1.74. The van der Waals surface area contributed by atoms with Gasteiger partial charge in [-0.3, -0.25) is 0 Å². The molecule has 0 spiro atoms. The van der Waals surface area contributed by atoms with E-state index in [4.69, 9.17) is 9.47 Å². The van der Waals surface area contributed by atoms with Gasteiger partial charge in [-0.25, -0.2) is 0 Å². The van der Waals surface area contributed by atoms with Crippen molar-refractivity contribution in [1.82, 2.24) is 5.32 Å². The zero-order chi connectivity index (χ0) is 12.1. The molecule has 1 aliphatic heterocycles. The molecule has 0 saturated carbocycles. The maximum absolute atomic E-state index is 5.58. The highest BCUT2D eigenvalue weighted by Gasteiger charge is 2.26. The third kappa shape index (κ3) is 3.79. The summed E-state index contributed by atoms with van der Waals surface area (Å²) in [4.78, 5) is 0. The molecule has 0 amide bonds. The average Bonchev–Trinajstić information content (AvgIpc) is 2.66. The third-order valence-electron chi connectivity index (χ3n) is 2.58. The molecule has 1 aromatic rings. The van der Waals surface area contributed by atoms with E-state index >= 15 is 0 Å². The van der Waals surface area contributed by atoms with Crippen molar-refractivity contribution in [2.45, 2.75) is 26.1 Å². The van der Waals surface area contributed by atoms with Crippen molar-refractivity contribution >= 4 is 0 Å². The van der Waals surface area contributed by atoms with Crippen LogP contribution in [0, 0.1) is 0 Å². The molecule has 2 rings (SSSR count). The summed E-state index contributed by atoms with van der Waals surface area (Å²) in [6.45, 7) is 5.46. The molecule has 0 fully saturated rings.